The first-order valence-electron chi connectivity index (χ1n) is 5.76. The van der Waals surface area contributed by atoms with Gasteiger partial charge in [0.2, 0.25) is 0 Å². The van der Waals surface area contributed by atoms with Gasteiger partial charge in [0.1, 0.15) is 13.2 Å². The zero-order valence-electron chi connectivity index (χ0n) is 9.64. The summed E-state index contributed by atoms with van der Waals surface area (Å²) in [6.45, 7) is 1.19. The average molecular weight is 253 g/mol. The number of aliphatic hydroxyl groups is 2. The predicted octanol–water partition coefficient (Wildman–Crippen LogP) is 2.00. The van der Waals surface area contributed by atoms with E-state index in [4.69, 9.17) is 19.3 Å². The molecule has 0 spiro atoms. The first-order chi connectivity index (χ1) is 7.81. The van der Waals surface area contributed by atoms with Crippen molar-refractivity contribution in [3.8, 4) is 0 Å². The Morgan fingerprint density at radius 3 is 1.56 bits per heavy atom. The Balaban J connectivity index is 3.12. The van der Waals surface area contributed by atoms with Crippen molar-refractivity contribution in [2.45, 2.75) is 38.5 Å². The lowest BCUT2D eigenvalue weighted by Gasteiger charge is -1.94. The topological polar surface area (TPSA) is 76.0 Å². The van der Waals surface area contributed by atoms with Gasteiger partial charge in [-0.3, -0.25) is 0 Å². The van der Waals surface area contributed by atoms with E-state index in [1.807, 2.05) is 0 Å². The maximum atomic E-state index is 11.1. The van der Waals surface area contributed by atoms with Crippen LogP contribution in [0.5, 0.6) is 0 Å². The SMILES string of the molecule is O=[P+](OCCCCCO)OCCCCCO. The Morgan fingerprint density at radius 2 is 1.19 bits per heavy atom. The second-order valence-electron chi connectivity index (χ2n) is 3.46. The Morgan fingerprint density at radius 1 is 0.750 bits per heavy atom. The fourth-order valence-electron chi connectivity index (χ4n) is 1.10. The fourth-order valence-corrected chi connectivity index (χ4v) is 1.73. The molecule has 0 amide bonds. The minimum Gasteiger partial charge on any atom is -0.396 e. The van der Waals surface area contributed by atoms with E-state index in [1.165, 1.54) is 0 Å². The van der Waals surface area contributed by atoms with E-state index in [1.54, 1.807) is 0 Å². The molecule has 0 aliphatic heterocycles. The molecule has 0 radical (unpaired) electrons. The van der Waals surface area contributed by atoms with Crippen LogP contribution in [-0.2, 0) is 13.6 Å². The van der Waals surface area contributed by atoms with Gasteiger partial charge in [0.05, 0.1) is 0 Å². The van der Waals surface area contributed by atoms with Crippen molar-refractivity contribution in [2.24, 2.45) is 0 Å². The van der Waals surface area contributed by atoms with Gasteiger partial charge in [0.25, 0.3) is 0 Å². The average Bonchev–Trinajstić information content (AvgIpc) is 2.28. The van der Waals surface area contributed by atoms with Gasteiger partial charge in [0, 0.05) is 17.8 Å². The number of aliphatic hydroxyl groups excluding tert-OH is 2. The Kier molecular flexibility index (Phi) is 13.0. The highest BCUT2D eigenvalue weighted by atomic mass is 31.1. The number of hydrogen-bond acceptors (Lipinski definition) is 5. The molecular formula is C10H22O5P+. The maximum Gasteiger partial charge on any atom is 0.697 e. The fraction of sp³-hybridized carbons (Fsp3) is 1.00. The van der Waals surface area contributed by atoms with Gasteiger partial charge in [-0.15, -0.1) is 9.05 Å². The maximum absolute atomic E-state index is 11.1. The highest BCUT2D eigenvalue weighted by Gasteiger charge is 2.18. The van der Waals surface area contributed by atoms with Gasteiger partial charge in [-0.1, -0.05) is 0 Å². The minimum atomic E-state index is -2.00. The monoisotopic (exact) mass is 253 g/mol. The van der Waals surface area contributed by atoms with Crippen LogP contribution < -0.4 is 0 Å². The van der Waals surface area contributed by atoms with Crippen molar-refractivity contribution in [3.63, 3.8) is 0 Å². The van der Waals surface area contributed by atoms with Crippen LogP contribution in [0.2, 0.25) is 0 Å². The molecule has 6 heteroatoms. The van der Waals surface area contributed by atoms with Crippen molar-refractivity contribution in [2.75, 3.05) is 26.4 Å². The van der Waals surface area contributed by atoms with Gasteiger partial charge >= 0.3 is 8.25 Å². The number of hydrogen-bond donors (Lipinski definition) is 2. The second kappa shape index (κ2) is 13.0. The van der Waals surface area contributed by atoms with E-state index in [-0.39, 0.29) is 13.2 Å². The van der Waals surface area contributed by atoms with Gasteiger partial charge < -0.3 is 10.2 Å². The van der Waals surface area contributed by atoms with Crippen LogP contribution in [0.25, 0.3) is 0 Å². The van der Waals surface area contributed by atoms with E-state index in [0.717, 1.165) is 38.5 Å². The standard InChI is InChI=1S/C10H22O5P/c11-7-3-1-5-9-14-16(13)15-10-6-2-4-8-12/h11-12H,1-10H2/q+1. The summed E-state index contributed by atoms with van der Waals surface area (Å²) in [6, 6.07) is 0. The number of rotatable bonds is 12. The van der Waals surface area contributed by atoms with Crippen molar-refractivity contribution >= 4 is 8.25 Å². The van der Waals surface area contributed by atoms with Crippen molar-refractivity contribution in [1.82, 2.24) is 0 Å². The summed E-state index contributed by atoms with van der Waals surface area (Å²) in [5.41, 5.74) is 0. The molecule has 0 aromatic carbocycles. The van der Waals surface area contributed by atoms with E-state index in [9.17, 15) is 4.57 Å². The molecular weight excluding hydrogens is 231 g/mol. The van der Waals surface area contributed by atoms with Crippen LogP contribution in [0, 0.1) is 0 Å². The molecule has 0 atom stereocenters. The lowest BCUT2D eigenvalue weighted by Crippen LogP contribution is -1.93. The van der Waals surface area contributed by atoms with Gasteiger partial charge in [-0.2, -0.15) is 0 Å². The molecule has 96 valence electrons. The molecule has 0 heterocycles. The zero-order valence-corrected chi connectivity index (χ0v) is 10.5. The first kappa shape index (κ1) is 15.9. The van der Waals surface area contributed by atoms with E-state index < -0.39 is 8.25 Å². The molecule has 0 rings (SSSR count). The smallest absolute Gasteiger partial charge is 0.396 e. The molecule has 0 unspecified atom stereocenters. The van der Waals surface area contributed by atoms with Crippen molar-refractivity contribution in [3.05, 3.63) is 0 Å². The lowest BCUT2D eigenvalue weighted by atomic mass is 10.2. The van der Waals surface area contributed by atoms with E-state index >= 15 is 0 Å². The molecule has 5 nitrogen and oxygen atoms in total. The zero-order chi connectivity index (χ0) is 12.1. The molecule has 0 aliphatic carbocycles. The molecule has 0 fully saturated rings. The van der Waals surface area contributed by atoms with Crippen LogP contribution in [0.15, 0.2) is 0 Å². The van der Waals surface area contributed by atoms with Gasteiger partial charge in [-0.25, -0.2) is 0 Å². The van der Waals surface area contributed by atoms with Crippen molar-refractivity contribution < 1.29 is 23.8 Å². The molecule has 16 heavy (non-hydrogen) atoms. The quantitative estimate of drug-likeness (QED) is 0.411. The summed E-state index contributed by atoms with van der Waals surface area (Å²) >= 11 is 0. The van der Waals surface area contributed by atoms with Crippen LogP contribution in [-0.4, -0.2) is 36.6 Å². The summed E-state index contributed by atoms with van der Waals surface area (Å²) < 4.78 is 21.0. The molecule has 0 aromatic heterocycles. The second-order valence-corrected chi connectivity index (χ2v) is 4.42. The normalized spacial score (nSPS) is 10.6. The van der Waals surface area contributed by atoms with Crippen molar-refractivity contribution in [1.29, 1.82) is 0 Å². The third-order valence-electron chi connectivity index (χ3n) is 2.00. The van der Waals surface area contributed by atoms with Crippen LogP contribution in [0.3, 0.4) is 0 Å². The third-order valence-corrected chi connectivity index (χ3v) is 2.79. The largest absolute Gasteiger partial charge is 0.697 e. The predicted molar refractivity (Wildman–Crippen MR) is 61.4 cm³/mol. The van der Waals surface area contributed by atoms with Crippen LogP contribution in [0.1, 0.15) is 38.5 Å². The third kappa shape index (κ3) is 12.0. The Hall–Kier alpha value is -0.0600. The van der Waals surface area contributed by atoms with E-state index in [0.29, 0.717) is 13.2 Å². The van der Waals surface area contributed by atoms with E-state index in [2.05, 4.69) is 0 Å². The molecule has 0 bridgehead atoms. The van der Waals surface area contributed by atoms with Crippen LogP contribution in [0.4, 0.5) is 0 Å². The minimum absolute atomic E-state index is 0.188. The summed E-state index contributed by atoms with van der Waals surface area (Å²) in [5.74, 6) is 0. The highest BCUT2D eigenvalue weighted by molar-refractivity contribution is 7.33. The summed E-state index contributed by atoms with van der Waals surface area (Å²) in [6.07, 6.45) is 4.82. The van der Waals surface area contributed by atoms with Gasteiger partial charge in [0.15, 0.2) is 0 Å². The molecule has 2 N–H and O–H groups in total. The molecule has 0 aliphatic rings. The lowest BCUT2D eigenvalue weighted by molar-refractivity contribution is 0.212. The Bertz CT molecular complexity index is 149. The molecule has 0 saturated carbocycles. The number of unbranched alkanes of at least 4 members (excludes halogenated alkanes) is 4. The molecule has 0 aromatic rings. The van der Waals surface area contributed by atoms with Gasteiger partial charge in [-0.05, 0) is 38.5 Å². The van der Waals surface area contributed by atoms with Crippen LogP contribution >= 0.6 is 8.25 Å². The summed E-state index contributed by atoms with van der Waals surface area (Å²) in [4.78, 5) is 0. The Labute approximate surface area is 97.7 Å². The first-order valence-corrected chi connectivity index (χ1v) is 6.85. The molecule has 0 saturated heterocycles. The summed E-state index contributed by atoms with van der Waals surface area (Å²) in [5, 5.41) is 17.0. The summed E-state index contributed by atoms with van der Waals surface area (Å²) in [7, 11) is -2.00. The highest BCUT2D eigenvalue weighted by Crippen LogP contribution is 2.24.